The number of nitrogens with zero attached hydrogens (tertiary/aromatic N) is 3. The lowest BCUT2D eigenvalue weighted by molar-refractivity contribution is 0.0600. The number of hydrogen-bond acceptors (Lipinski definition) is 5. The van der Waals surface area contributed by atoms with Crippen molar-refractivity contribution >= 4 is 11.9 Å². The van der Waals surface area contributed by atoms with Gasteiger partial charge >= 0.3 is 5.97 Å². The van der Waals surface area contributed by atoms with Crippen LogP contribution in [0.5, 0.6) is 0 Å². The van der Waals surface area contributed by atoms with Crippen LogP contribution in [0.25, 0.3) is 27.9 Å². The van der Waals surface area contributed by atoms with Gasteiger partial charge in [-0.1, -0.05) is 54.6 Å². The first kappa shape index (κ1) is 19.1. The molecular weight excluding hydrogens is 380 g/mol. The molecule has 1 heterocycles. The Balaban J connectivity index is 1.97. The first-order valence-corrected chi connectivity index (χ1v) is 9.17. The predicted octanol–water partition coefficient (Wildman–Crippen LogP) is 3.49. The minimum atomic E-state index is -0.676. The lowest BCUT2D eigenvalue weighted by Crippen LogP contribution is -2.18. The fourth-order valence-electron chi connectivity index (χ4n) is 3.35. The number of carbonyl (C=O) groups excluding carboxylic acids is 2. The van der Waals surface area contributed by atoms with E-state index in [1.54, 1.807) is 12.1 Å². The molecule has 7 nitrogen and oxygen atoms in total. The maximum absolute atomic E-state index is 11.9. The van der Waals surface area contributed by atoms with Gasteiger partial charge in [0.1, 0.15) is 6.33 Å². The largest absolute Gasteiger partial charge is 0.465 e. The van der Waals surface area contributed by atoms with Crippen LogP contribution >= 0.6 is 0 Å². The first-order chi connectivity index (χ1) is 14.6. The van der Waals surface area contributed by atoms with Gasteiger partial charge in [0.05, 0.1) is 18.4 Å². The quantitative estimate of drug-likeness (QED) is 0.519. The van der Waals surface area contributed by atoms with Crippen molar-refractivity contribution in [2.75, 3.05) is 7.11 Å². The zero-order chi connectivity index (χ0) is 21.1. The topological polar surface area (TPSA) is 100 Å². The minimum Gasteiger partial charge on any atom is -0.465 e. The average molecular weight is 398 g/mol. The number of amides is 1. The zero-order valence-corrected chi connectivity index (χ0v) is 16.1. The van der Waals surface area contributed by atoms with E-state index in [0.717, 1.165) is 22.3 Å². The fraction of sp³-hybridized carbons (Fsp3) is 0.0435. The first-order valence-electron chi connectivity index (χ1n) is 9.17. The third kappa shape index (κ3) is 3.44. The van der Waals surface area contributed by atoms with Crippen LogP contribution in [0, 0.1) is 0 Å². The molecule has 0 radical (unpaired) electrons. The van der Waals surface area contributed by atoms with Crippen LogP contribution in [-0.4, -0.2) is 33.8 Å². The van der Waals surface area contributed by atoms with Crippen LogP contribution in [0.3, 0.4) is 0 Å². The summed E-state index contributed by atoms with van der Waals surface area (Å²) in [4.78, 5) is 27.7. The van der Waals surface area contributed by atoms with E-state index in [-0.39, 0.29) is 5.82 Å². The van der Waals surface area contributed by atoms with Crippen molar-refractivity contribution in [3.8, 4) is 27.9 Å². The monoisotopic (exact) mass is 398 g/mol. The second-order valence-electron chi connectivity index (χ2n) is 6.49. The molecule has 0 unspecified atom stereocenters. The Kier molecular flexibility index (Phi) is 5.09. The SMILES string of the molecule is COC(=O)c1ccc(-c2c(-c3ccccc3)cccc2-n2ncnc2C(N)=O)cc1. The van der Waals surface area contributed by atoms with E-state index in [1.807, 2.05) is 60.7 Å². The molecule has 0 bridgehead atoms. The Hall–Kier alpha value is -4.26. The molecule has 0 aliphatic heterocycles. The molecule has 148 valence electrons. The number of rotatable bonds is 5. The molecule has 2 N–H and O–H groups in total. The lowest BCUT2D eigenvalue weighted by atomic mass is 9.92. The second-order valence-corrected chi connectivity index (χ2v) is 6.49. The molecule has 0 aliphatic carbocycles. The number of primary amides is 1. The number of hydrogen-bond donors (Lipinski definition) is 1. The summed E-state index contributed by atoms with van der Waals surface area (Å²) in [6.07, 6.45) is 1.29. The molecule has 0 saturated carbocycles. The Labute approximate surface area is 172 Å². The predicted molar refractivity (Wildman–Crippen MR) is 112 cm³/mol. The van der Waals surface area contributed by atoms with E-state index in [4.69, 9.17) is 10.5 Å². The number of carbonyl (C=O) groups is 2. The van der Waals surface area contributed by atoms with Gasteiger partial charge in [0.2, 0.25) is 5.82 Å². The van der Waals surface area contributed by atoms with Gasteiger partial charge < -0.3 is 10.5 Å². The van der Waals surface area contributed by atoms with Gasteiger partial charge in [-0.15, -0.1) is 0 Å². The van der Waals surface area contributed by atoms with E-state index < -0.39 is 11.9 Å². The fourth-order valence-corrected chi connectivity index (χ4v) is 3.35. The van der Waals surface area contributed by atoms with Gasteiger partial charge in [-0.2, -0.15) is 5.10 Å². The van der Waals surface area contributed by atoms with Gasteiger partial charge in [-0.25, -0.2) is 14.5 Å². The summed E-state index contributed by atoms with van der Waals surface area (Å²) >= 11 is 0. The standard InChI is InChI=1S/C23H18N4O3/c1-30-23(29)17-12-10-16(11-13-17)20-18(15-6-3-2-4-7-15)8-5-9-19(20)27-22(21(24)28)25-14-26-27/h2-14H,1H3,(H2,24,28). The maximum Gasteiger partial charge on any atom is 0.337 e. The van der Waals surface area contributed by atoms with Crippen LogP contribution in [0.2, 0.25) is 0 Å². The summed E-state index contributed by atoms with van der Waals surface area (Å²) < 4.78 is 6.22. The van der Waals surface area contributed by atoms with Crippen molar-refractivity contribution in [1.82, 2.24) is 14.8 Å². The van der Waals surface area contributed by atoms with Crippen molar-refractivity contribution < 1.29 is 14.3 Å². The van der Waals surface area contributed by atoms with Crippen LogP contribution < -0.4 is 5.73 Å². The Bertz CT molecular complexity index is 1210. The van der Waals surface area contributed by atoms with Crippen molar-refractivity contribution in [3.63, 3.8) is 0 Å². The third-order valence-electron chi connectivity index (χ3n) is 4.72. The highest BCUT2D eigenvalue weighted by molar-refractivity contribution is 5.94. The van der Waals surface area contributed by atoms with E-state index >= 15 is 0 Å². The Morgan fingerprint density at radius 3 is 2.30 bits per heavy atom. The summed E-state index contributed by atoms with van der Waals surface area (Å²) in [6, 6.07) is 22.6. The molecule has 1 amide bonds. The molecule has 3 aromatic carbocycles. The summed E-state index contributed by atoms with van der Waals surface area (Å²) in [5, 5.41) is 4.22. The van der Waals surface area contributed by atoms with E-state index in [9.17, 15) is 9.59 Å². The molecule has 0 aliphatic rings. The molecule has 30 heavy (non-hydrogen) atoms. The molecule has 7 heteroatoms. The van der Waals surface area contributed by atoms with E-state index in [1.165, 1.54) is 18.1 Å². The Morgan fingerprint density at radius 1 is 0.900 bits per heavy atom. The van der Waals surface area contributed by atoms with Gasteiger partial charge in [0.15, 0.2) is 0 Å². The Morgan fingerprint density at radius 2 is 1.63 bits per heavy atom. The number of nitrogens with two attached hydrogens (primary N) is 1. The summed E-state index contributed by atoms with van der Waals surface area (Å²) in [7, 11) is 1.34. The van der Waals surface area contributed by atoms with Crippen LogP contribution in [0.1, 0.15) is 21.0 Å². The molecule has 4 aromatic rings. The highest BCUT2D eigenvalue weighted by Gasteiger charge is 2.19. The number of esters is 1. The van der Waals surface area contributed by atoms with Crippen molar-refractivity contribution in [2.45, 2.75) is 0 Å². The van der Waals surface area contributed by atoms with Crippen molar-refractivity contribution in [1.29, 1.82) is 0 Å². The number of benzene rings is 3. The molecule has 4 rings (SSSR count). The van der Waals surface area contributed by atoms with Crippen molar-refractivity contribution in [2.24, 2.45) is 5.73 Å². The number of methoxy groups -OCH3 is 1. The smallest absolute Gasteiger partial charge is 0.337 e. The molecule has 0 saturated heterocycles. The molecule has 0 spiro atoms. The lowest BCUT2D eigenvalue weighted by Gasteiger charge is -2.16. The molecule has 0 atom stereocenters. The van der Waals surface area contributed by atoms with Gasteiger partial charge in [-0.05, 0) is 34.9 Å². The van der Waals surface area contributed by atoms with E-state index in [0.29, 0.717) is 11.3 Å². The average Bonchev–Trinajstić information content (AvgIpc) is 3.29. The normalized spacial score (nSPS) is 10.6. The zero-order valence-electron chi connectivity index (χ0n) is 16.1. The summed E-state index contributed by atoms with van der Waals surface area (Å²) in [5.41, 5.74) is 10.2. The highest BCUT2D eigenvalue weighted by Crippen LogP contribution is 2.37. The van der Waals surface area contributed by atoms with Crippen LogP contribution in [-0.2, 0) is 4.74 Å². The van der Waals surface area contributed by atoms with Crippen molar-refractivity contribution in [3.05, 3.63) is 90.5 Å². The molecule has 1 aromatic heterocycles. The second kappa shape index (κ2) is 8.00. The number of ether oxygens (including phenoxy) is 1. The maximum atomic E-state index is 11.9. The van der Waals surface area contributed by atoms with Crippen LogP contribution in [0.4, 0.5) is 0 Å². The van der Waals surface area contributed by atoms with Gasteiger partial charge in [-0.3, -0.25) is 4.79 Å². The molecular formula is C23H18N4O3. The number of aromatic nitrogens is 3. The third-order valence-corrected chi connectivity index (χ3v) is 4.72. The summed E-state index contributed by atoms with van der Waals surface area (Å²) in [6.45, 7) is 0. The van der Waals surface area contributed by atoms with E-state index in [2.05, 4.69) is 10.1 Å². The van der Waals surface area contributed by atoms with Gasteiger partial charge in [0.25, 0.3) is 5.91 Å². The van der Waals surface area contributed by atoms with Crippen LogP contribution in [0.15, 0.2) is 79.1 Å². The summed E-state index contributed by atoms with van der Waals surface area (Å²) in [5.74, 6) is -1.05. The van der Waals surface area contributed by atoms with Gasteiger partial charge in [0, 0.05) is 5.56 Å². The minimum absolute atomic E-state index is 0.0349. The highest BCUT2D eigenvalue weighted by atomic mass is 16.5. The molecule has 0 fully saturated rings.